The Labute approximate surface area is 186 Å². The van der Waals surface area contributed by atoms with Crippen LogP contribution in [0, 0.1) is 0 Å². The summed E-state index contributed by atoms with van der Waals surface area (Å²) in [4.78, 5) is 24.8. The molecule has 1 atom stereocenters. The zero-order valence-electron chi connectivity index (χ0n) is 18.8. The van der Waals surface area contributed by atoms with Crippen molar-refractivity contribution >= 4 is 27.8 Å². The summed E-state index contributed by atoms with van der Waals surface area (Å²) in [7, 11) is 0. The molecule has 0 radical (unpaired) electrons. The van der Waals surface area contributed by atoms with Gasteiger partial charge in [-0.1, -0.05) is 20.8 Å². The smallest absolute Gasteiger partial charge is 0.163 e. The molecule has 4 aromatic heterocycles. The van der Waals surface area contributed by atoms with Crippen molar-refractivity contribution in [2.45, 2.75) is 57.5 Å². The highest BCUT2D eigenvalue weighted by molar-refractivity contribution is 5.97. The summed E-state index contributed by atoms with van der Waals surface area (Å²) in [5.74, 6) is 2.14. The molecule has 0 amide bonds. The van der Waals surface area contributed by atoms with Crippen LogP contribution in [-0.4, -0.2) is 49.2 Å². The van der Waals surface area contributed by atoms with Gasteiger partial charge in [-0.05, 0) is 42.9 Å². The van der Waals surface area contributed by atoms with Crippen molar-refractivity contribution < 1.29 is 5.11 Å². The quantitative estimate of drug-likeness (QED) is 0.505. The van der Waals surface area contributed by atoms with Crippen LogP contribution in [0.2, 0.25) is 0 Å². The van der Waals surface area contributed by atoms with Crippen LogP contribution in [0.5, 0.6) is 0 Å². The molecule has 1 unspecified atom stereocenters. The Morgan fingerprint density at radius 3 is 2.69 bits per heavy atom. The maximum absolute atomic E-state index is 10.2. The van der Waals surface area contributed by atoms with E-state index in [4.69, 9.17) is 9.97 Å². The molecule has 2 N–H and O–H groups in total. The van der Waals surface area contributed by atoms with Crippen molar-refractivity contribution in [3.63, 3.8) is 0 Å². The van der Waals surface area contributed by atoms with Gasteiger partial charge in [-0.2, -0.15) is 0 Å². The Balaban J connectivity index is 1.59. The first kappa shape index (κ1) is 19.6. The van der Waals surface area contributed by atoms with Crippen molar-refractivity contribution in [2.75, 3.05) is 18.0 Å². The van der Waals surface area contributed by atoms with Gasteiger partial charge in [0.2, 0.25) is 0 Å². The van der Waals surface area contributed by atoms with Crippen LogP contribution >= 0.6 is 0 Å². The third-order valence-electron chi connectivity index (χ3n) is 6.68. The minimum Gasteiger partial charge on any atom is -0.391 e. The van der Waals surface area contributed by atoms with Gasteiger partial charge in [-0.15, -0.1) is 0 Å². The standard InChI is InChI=1S/C25H28N6O/c1-25(2,3)20-10-17-16(6-8-27-22(17)29-20)23-28-19-12-26-11-18(14-4-5-14)21(19)24(30-23)31-9-7-15(32)13-31/h6,8,10-12,14-15,32H,4-5,7,9,13H2,1-3H3,(H,27,29). The van der Waals surface area contributed by atoms with Crippen molar-refractivity contribution in [3.05, 3.63) is 42.0 Å². The fourth-order valence-corrected chi connectivity index (χ4v) is 4.70. The van der Waals surface area contributed by atoms with Crippen LogP contribution in [0.15, 0.2) is 30.7 Å². The van der Waals surface area contributed by atoms with Gasteiger partial charge < -0.3 is 15.0 Å². The summed E-state index contributed by atoms with van der Waals surface area (Å²) < 4.78 is 0. The Morgan fingerprint density at radius 1 is 1.12 bits per heavy atom. The van der Waals surface area contributed by atoms with E-state index in [1.165, 1.54) is 18.4 Å². The van der Waals surface area contributed by atoms with E-state index in [1.54, 1.807) is 0 Å². The van der Waals surface area contributed by atoms with E-state index in [-0.39, 0.29) is 11.5 Å². The lowest BCUT2D eigenvalue weighted by Crippen LogP contribution is -2.23. The largest absolute Gasteiger partial charge is 0.391 e. The molecule has 2 fully saturated rings. The molecule has 4 aromatic rings. The Bertz CT molecular complexity index is 1330. The number of anilines is 1. The number of rotatable bonds is 3. The van der Waals surface area contributed by atoms with Gasteiger partial charge in [0.25, 0.3) is 0 Å². The van der Waals surface area contributed by atoms with E-state index < -0.39 is 0 Å². The lowest BCUT2D eigenvalue weighted by molar-refractivity contribution is 0.198. The number of β-amino-alcohol motifs (C(OH)–C–C–N with tert-alkyl or cyclic N) is 1. The molecule has 1 aliphatic heterocycles. The second-order valence-electron chi connectivity index (χ2n) is 10.2. The van der Waals surface area contributed by atoms with Crippen molar-refractivity contribution in [2.24, 2.45) is 0 Å². The molecule has 1 saturated heterocycles. The predicted molar refractivity (Wildman–Crippen MR) is 126 cm³/mol. The summed E-state index contributed by atoms with van der Waals surface area (Å²) >= 11 is 0. The van der Waals surface area contributed by atoms with E-state index >= 15 is 0 Å². The van der Waals surface area contributed by atoms with Gasteiger partial charge in [-0.3, -0.25) is 4.98 Å². The molecular weight excluding hydrogens is 400 g/mol. The summed E-state index contributed by atoms with van der Waals surface area (Å²) in [5.41, 5.74) is 5.03. The normalized spacial score (nSPS) is 19.4. The number of nitrogens with one attached hydrogen (secondary N) is 1. The Kier molecular flexibility index (Phi) is 4.27. The number of fused-ring (bicyclic) bond motifs is 2. The van der Waals surface area contributed by atoms with Gasteiger partial charge in [-0.25, -0.2) is 15.0 Å². The summed E-state index contributed by atoms with van der Waals surface area (Å²) in [6.07, 6.45) is 8.46. The lowest BCUT2D eigenvalue weighted by Gasteiger charge is -2.21. The lowest BCUT2D eigenvalue weighted by atomic mass is 9.92. The highest BCUT2D eigenvalue weighted by Gasteiger charge is 2.31. The van der Waals surface area contributed by atoms with E-state index in [0.717, 1.165) is 52.0 Å². The first-order valence-corrected chi connectivity index (χ1v) is 11.5. The number of nitrogens with zero attached hydrogens (tertiary/aromatic N) is 5. The average Bonchev–Trinajstić information content (AvgIpc) is 3.35. The Hall–Kier alpha value is -3.06. The van der Waals surface area contributed by atoms with Crippen molar-refractivity contribution in [1.82, 2.24) is 24.9 Å². The number of aromatic amines is 1. The van der Waals surface area contributed by atoms with Gasteiger partial charge in [0.05, 0.1) is 17.8 Å². The SMILES string of the molecule is CC(C)(C)c1cc2c(-c3nc(N4CCC(O)C4)c4c(C5CC5)cncc4n3)ccnc2[nH]1. The van der Waals surface area contributed by atoms with Gasteiger partial charge in [0.15, 0.2) is 5.82 Å². The van der Waals surface area contributed by atoms with Crippen LogP contribution in [0.25, 0.3) is 33.3 Å². The number of hydrogen-bond acceptors (Lipinski definition) is 6. The average molecular weight is 429 g/mol. The number of aliphatic hydroxyl groups excluding tert-OH is 1. The van der Waals surface area contributed by atoms with E-state index in [1.807, 2.05) is 24.7 Å². The van der Waals surface area contributed by atoms with Crippen LogP contribution in [0.3, 0.4) is 0 Å². The summed E-state index contributed by atoms with van der Waals surface area (Å²) in [6, 6.07) is 4.16. The zero-order valence-corrected chi connectivity index (χ0v) is 18.8. The molecule has 0 bridgehead atoms. The molecule has 2 aliphatic rings. The molecule has 6 rings (SSSR count). The molecule has 32 heavy (non-hydrogen) atoms. The Morgan fingerprint density at radius 2 is 1.97 bits per heavy atom. The summed E-state index contributed by atoms with van der Waals surface area (Å²) in [5, 5.41) is 12.3. The number of aromatic nitrogens is 5. The number of H-pyrrole nitrogens is 1. The molecule has 0 aromatic carbocycles. The van der Waals surface area contributed by atoms with Crippen molar-refractivity contribution in [3.8, 4) is 11.4 Å². The maximum atomic E-state index is 10.2. The molecule has 0 spiro atoms. The van der Waals surface area contributed by atoms with E-state index in [9.17, 15) is 5.11 Å². The minimum absolute atomic E-state index is 0.0118. The molecular formula is C25H28N6O. The highest BCUT2D eigenvalue weighted by atomic mass is 16.3. The molecule has 5 heterocycles. The number of pyridine rings is 2. The minimum atomic E-state index is -0.318. The predicted octanol–water partition coefficient (Wildman–Crippen LogP) is 4.31. The number of aliphatic hydroxyl groups is 1. The second-order valence-corrected chi connectivity index (χ2v) is 10.2. The molecule has 7 heteroatoms. The van der Waals surface area contributed by atoms with Crippen LogP contribution in [-0.2, 0) is 5.41 Å². The van der Waals surface area contributed by atoms with Crippen LogP contribution in [0.1, 0.15) is 57.2 Å². The third-order valence-corrected chi connectivity index (χ3v) is 6.68. The topological polar surface area (TPSA) is 90.8 Å². The third kappa shape index (κ3) is 3.23. The van der Waals surface area contributed by atoms with Crippen LogP contribution < -0.4 is 4.90 Å². The molecule has 1 saturated carbocycles. The fourth-order valence-electron chi connectivity index (χ4n) is 4.70. The molecule has 1 aliphatic carbocycles. The van der Waals surface area contributed by atoms with Gasteiger partial charge in [0, 0.05) is 52.9 Å². The van der Waals surface area contributed by atoms with Gasteiger partial charge in [0.1, 0.15) is 11.5 Å². The van der Waals surface area contributed by atoms with Crippen LogP contribution in [0.4, 0.5) is 5.82 Å². The maximum Gasteiger partial charge on any atom is 0.163 e. The summed E-state index contributed by atoms with van der Waals surface area (Å²) in [6.45, 7) is 7.95. The second kappa shape index (κ2) is 6.97. The van der Waals surface area contributed by atoms with E-state index in [2.05, 4.69) is 46.7 Å². The molecule has 7 nitrogen and oxygen atoms in total. The zero-order chi connectivity index (χ0) is 22.0. The first-order chi connectivity index (χ1) is 15.4. The molecule has 164 valence electrons. The monoisotopic (exact) mass is 428 g/mol. The highest BCUT2D eigenvalue weighted by Crippen LogP contribution is 2.45. The fraction of sp³-hybridized carbons (Fsp3) is 0.440. The van der Waals surface area contributed by atoms with E-state index in [0.29, 0.717) is 18.3 Å². The van der Waals surface area contributed by atoms with Gasteiger partial charge >= 0.3 is 0 Å². The first-order valence-electron chi connectivity index (χ1n) is 11.5. The number of hydrogen-bond donors (Lipinski definition) is 2. The van der Waals surface area contributed by atoms with Crippen molar-refractivity contribution in [1.29, 1.82) is 0 Å².